The molecule has 1 aromatic rings. The Morgan fingerprint density at radius 1 is 1.43 bits per heavy atom. The first-order chi connectivity index (χ1) is 9.65. The summed E-state index contributed by atoms with van der Waals surface area (Å²) in [5, 5.41) is 6.30. The lowest BCUT2D eigenvalue weighted by molar-refractivity contribution is -0.122. The molecule has 0 spiro atoms. The van der Waals surface area contributed by atoms with E-state index in [1.807, 2.05) is 0 Å². The zero-order valence-electron chi connectivity index (χ0n) is 12.1. The first-order valence-electron chi connectivity index (χ1n) is 7.03. The molecule has 0 aliphatic carbocycles. The molecule has 118 valence electrons. The second kappa shape index (κ2) is 8.85. The molecule has 0 aromatic heterocycles. The van der Waals surface area contributed by atoms with E-state index in [2.05, 4.69) is 17.6 Å². The van der Waals surface area contributed by atoms with Gasteiger partial charge in [-0.1, -0.05) is 6.92 Å². The minimum absolute atomic E-state index is 0. The van der Waals surface area contributed by atoms with Gasteiger partial charge in [0.2, 0.25) is 5.91 Å². The number of hydrogen-bond donors (Lipinski definition) is 2. The molecule has 1 heterocycles. The van der Waals surface area contributed by atoms with E-state index in [1.165, 1.54) is 12.1 Å². The number of piperidine rings is 1. The second-order valence-electron chi connectivity index (χ2n) is 5.20. The normalized spacial score (nSPS) is 21.2. The number of amides is 1. The van der Waals surface area contributed by atoms with Crippen LogP contribution in [-0.2, 0) is 4.79 Å². The molecule has 2 N–H and O–H groups in total. The number of ether oxygens (including phenoxy) is 1. The molecule has 1 aromatic carbocycles. The van der Waals surface area contributed by atoms with Crippen molar-refractivity contribution in [3.63, 3.8) is 0 Å². The van der Waals surface area contributed by atoms with E-state index in [9.17, 15) is 9.18 Å². The van der Waals surface area contributed by atoms with Crippen LogP contribution in [0.2, 0.25) is 0 Å². The Kier molecular flexibility index (Phi) is 7.47. The molecule has 0 saturated carbocycles. The summed E-state index contributed by atoms with van der Waals surface area (Å²) in [5.74, 6) is 0.770. The van der Waals surface area contributed by atoms with Gasteiger partial charge in [-0.3, -0.25) is 4.79 Å². The fourth-order valence-electron chi connectivity index (χ4n) is 2.25. The Morgan fingerprint density at radius 3 is 2.81 bits per heavy atom. The fraction of sp³-hybridized carbons (Fsp3) is 0.533. The van der Waals surface area contributed by atoms with Gasteiger partial charge in [0.1, 0.15) is 11.6 Å². The lowest BCUT2D eigenvalue weighted by Crippen LogP contribution is -2.50. The van der Waals surface area contributed by atoms with Gasteiger partial charge in [0.25, 0.3) is 0 Å². The molecule has 0 radical (unpaired) electrons. The van der Waals surface area contributed by atoms with E-state index in [4.69, 9.17) is 4.74 Å². The van der Waals surface area contributed by atoms with Crippen LogP contribution in [0.3, 0.4) is 0 Å². The molecule has 2 unspecified atom stereocenters. The molecule has 1 fully saturated rings. The van der Waals surface area contributed by atoms with Gasteiger partial charge in [-0.05, 0) is 43.1 Å². The van der Waals surface area contributed by atoms with Gasteiger partial charge in [-0.15, -0.1) is 12.4 Å². The Labute approximate surface area is 130 Å². The van der Waals surface area contributed by atoms with Crippen molar-refractivity contribution < 1.29 is 13.9 Å². The van der Waals surface area contributed by atoms with Crippen LogP contribution in [0.1, 0.15) is 19.8 Å². The molecule has 0 bridgehead atoms. The van der Waals surface area contributed by atoms with Gasteiger partial charge in [-0.25, -0.2) is 4.39 Å². The van der Waals surface area contributed by atoms with Crippen molar-refractivity contribution in [2.75, 3.05) is 19.7 Å². The third-order valence-corrected chi connectivity index (χ3v) is 3.59. The van der Waals surface area contributed by atoms with Crippen LogP contribution in [0.15, 0.2) is 24.3 Å². The summed E-state index contributed by atoms with van der Waals surface area (Å²) >= 11 is 0. The van der Waals surface area contributed by atoms with Crippen LogP contribution in [0.5, 0.6) is 5.75 Å². The number of halogens is 2. The summed E-state index contributed by atoms with van der Waals surface area (Å²) < 4.78 is 18.1. The molecule has 21 heavy (non-hydrogen) atoms. The molecule has 1 aliphatic heterocycles. The van der Waals surface area contributed by atoms with Gasteiger partial charge >= 0.3 is 0 Å². The van der Waals surface area contributed by atoms with Crippen LogP contribution in [-0.4, -0.2) is 31.6 Å². The van der Waals surface area contributed by atoms with Crippen molar-refractivity contribution in [2.24, 2.45) is 5.92 Å². The predicted octanol–water partition coefficient (Wildman–Crippen LogP) is 2.13. The Hall–Kier alpha value is -1.33. The minimum Gasteiger partial charge on any atom is -0.493 e. The Bertz CT molecular complexity index is 442. The highest BCUT2D eigenvalue weighted by Gasteiger charge is 2.22. The van der Waals surface area contributed by atoms with Crippen molar-refractivity contribution in [1.29, 1.82) is 0 Å². The van der Waals surface area contributed by atoms with E-state index in [0.717, 1.165) is 19.5 Å². The van der Waals surface area contributed by atoms with Crippen molar-refractivity contribution >= 4 is 18.3 Å². The standard InChI is InChI=1S/C15H21FN2O2.ClH/c1-11-6-8-17-10-14(11)18-15(19)7-9-20-13-4-2-12(16)3-5-13;/h2-5,11,14,17H,6-10H2,1H3,(H,18,19);1H. The van der Waals surface area contributed by atoms with E-state index in [-0.39, 0.29) is 30.2 Å². The maximum Gasteiger partial charge on any atom is 0.223 e. The summed E-state index contributed by atoms with van der Waals surface area (Å²) in [6.07, 6.45) is 1.39. The summed E-state index contributed by atoms with van der Waals surface area (Å²) in [7, 11) is 0. The van der Waals surface area contributed by atoms with Crippen LogP contribution in [0.4, 0.5) is 4.39 Å². The molecule has 1 saturated heterocycles. The number of carbonyl (C=O) groups is 1. The highest BCUT2D eigenvalue weighted by molar-refractivity contribution is 5.85. The quantitative estimate of drug-likeness (QED) is 0.875. The lowest BCUT2D eigenvalue weighted by Gasteiger charge is -2.30. The molecule has 1 aliphatic rings. The fourth-order valence-corrected chi connectivity index (χ4v) is 2.25. The SMILES string of the molecule is CC1CCNCC1NC(=O)CCOc1ccc(F)cc1.Cl. The zero-order chi connectivity index (χ0) is 14.4. The van der Waals surface area contributed by atoms with Gasteiger partial charge in [0.05, 0.1) is 13.0 Å². The third kappa shape index (κ3) is 5.89. The molecule has 2 atom stereocenters. The number of nitrogens with one attached hydrogen (secondary N) is 2. The highest BCUT2D eigenvalue weighted by Crippen LogP contribution is 2.12. The maximum atomic E-state index is 12.7. The van der Waals surface area contributed by atoms with Crippen LogP contribution >= 0.6 is 12.4 Å². The number of hydrogen-bond acceptors (Lipinski definition) is 3. The summed E-state index contributed by atoms with van der Waals surface area (Å²) in [5.41, 5.74) is 0. The summed E-state index contributed by atoms with van der Waals surface area (Å²) in [6, 6.07) is 5.98. The smallest absolute Gasteiger partial charge is 0.223 e. The molecule has 1 amide bonds. The van der Waals surface area contributed by atoms with Gasteiger partial charge in [0.15, 0.2) is 0 Å². The number of rotatable bonds is 5. The van der Waals surface area contributed by atoms with Gasteiger partial charge < -0.3 is 15.4 Å². The predicted molar refractivity (Wildman–Crippen MR) is 82.3 cm³/mol. The van der Waals surface area contributed by atoms with Crippen LogP contribution in [0, 0.1) is 11.7 Å². The first kappa shape index (κ1) is 17.7. The summed E-state index contributed by atoms with van der Waals surface area (Å²) in [6.45, 7) is 4.29. The topological polar surface area (TPSA) is 50.4 Å². The second-order valence-corrected chi connectivity index (χ2v) is 5.20. The Balaban J connectivity index is 0.00000220. The van der Waals surface area contributed by atoms with Crippen molar-refractivity contribution in [2.45, 2.75) is 25.8 Å². The van der Waals surface area contributed by atoms with Crippen molar-refractivity contribution in [1.82, 2.24) is 10.6 Å². The molecule has 2 rings (SSSR count). The number of carbonyl (C=O) groups excluding carboxylic acids is 1. The highest BCUT2D eigenvalue weighted by atomic mass is 35.5. The van der Waals surface area contributed by atoms with E-state index < -0.39 is 0 Å². The zero-order valence-corrected chi connectivity index (χ0v) is 12.9. The average Bonchev–Trinajstić information content (AvgIpc) is 2.44. The monoisotopic (exact) mass is 316 g/mol. The van der Waals surface area contributed by atoms with E-state index in [0.29, 0.717) is 24.7 Å². The van der Waals surface area contributed by atoms with Crippen LogP contribution < -0.4 is 15.4 Å². The van der Waals surface area contributed by atoms with Crippen molar-refractivity contribution in [3.05, 3.63) is 30.1 Å². The number of benzene rings is 1. The van der Waals surface area contributed by atoms with Crippen molar-refractivity contribution in [3.8, 4) is 5.75 Å². The van der Waals surface area contributed by atoms with Gasteiger partial charge in [0, 0.05) is 12.6 Å². The third-order valence-electron chi connectivity index (χ3n) is 3.59. The lowest BCUT2D eigenvalue weighted by atomic mass is 9.95. The Morgan fingerprint density at radius 2 is 2.14 bits per heavy atom. The molecule has 4 nitrogen and oxygen atoms in total. The van der Waals surface area contributed by atoms with E-state index in [1.54, 1.807) is 12.1 Å². The minimum atomic E-state index is -0.297. The maximum absolute atomic E-state index is 12.7. The van der Waals surface area contributed by atoms with E-state index >= 15 is 0 Å². The first-order valence-corrected chi connectivity index (χ1v) is 7.03. The average molecular weight is 317 g/mol. The molecular weight excluding hydrogens is 295 g/mol. The summed E-state index contributed by atoms with van der Waals surface area (Å²) in [4.78, 5) is 11.8. The molecular formula is C15H22ClFN2O2. The molecule has 6 heteroatoms. The van der Waals surface area contributed by atoms with Crippen LogP contribution in [0.25, 0.3) is 0 Å². The largest absolute Gasteiger partial charge is 0.493 e. The van der Waals surface area contributed by atoms with Gasteiger partial charge in [-0.2, -0.15) is 0 Å².